The molecule has 1 aromatic carbocycles. The molecule has 0 amide bonds. The highest BCUT2D eigenvalue weighted by Gasteiger charge is 2.43. The Labute approximate surface area is 166 Å². The van der Waals surface area contributed by atoms with Crippen LogP contribution in [0.2, 0.25) is 0 Å². The van der Waals surface area contributed by atoms with Crippen LogP contribution in [-0.2, 0) is 11.8 Å². The highest BCUT2D eigenvalue weighted by molar-refractivity contribution is 5.94. The summed E-state index contributed by atoms with van der Waals surface area (Å²) >= 11 is 0. The van der Waals surface area contributed by atoms with E-state index in [0.29, 0.717) is 6.42 Å². The molecular formula is C24H25N3O. The van der Waals surface area contributed by atoms with Crippen LogP contribution >= 0.6 is 0 Å². The summed E-state index contributed by atoms with van der Waals surface area (Å²) in [6, 6.07) is 10.2. The van der Waals surface area contributed by atoms with Crippen LogP contribution in [0, 0.1) is 6.92 Å². The molecule has 0 saturated heterocycles. The number of benzene rings is 1. The van der Waals surface area contributed by atoms with E-state index in [0.717, 1.165) is 34.6 Å². The van der Waals surface area contributed by atoms with Gasteiger partial charge in [-0.1, -0.05) is 19.1 Å². The zero-order valence-corrected chi connectivity index (χ0v) is 16.7. The van der Waals surface area contributed by atoms with E-state index in [1.165, 1.54) is 24.0 Å². The lowest BCUT2D eigenvalue weighted by molar-refractivity contribution is 0.101. The van der Waals surface area contributed by atoms with Crippen molar-refractivity contribution < 1.29 is 4.79 Å². The van der Waals surface area contributed by atoms with Crippen molar-refractivity contribution in [3.05, 3.63) is 77.0 Å². The van der Waals surface area contributed by atoms with Gasteiger partial charge in [0.2, 0.25) is 0 Å². The summed E-state index contributed by atoms with van der Waals surface area (Å²) in [4.78, 5) is 25.5. The predicted octanol–water partition coefficient (Wildman–Crippen LogP) is 5.08. The van der Waals surface area contributed by atoms with Crippen LogP contribution in [0.5, 0.6) is 0 Å². The van der Waals surface area contributed by atoms with Gasteiger partial charge in [-0.2, -0.15) is 0 Å². The van der Waals surface area contributed by atoms with Crippen LogP contribution in [0.15, 0.2) is 48.9 Å². The van der Waals surface area contributed by atoms with Gasteiger partial charge in [0.1, 0.15) is 5.82 Å². The molecule has 1 saturated carbocycles. The summed E-state index contributed by atoms with van der Waals surface area (Å²) in [7, 11) is 0. The maximum atomic E-state index is 11.9. The number of pyridine rings is 1. The predicted molar refractivity (Wildman–Crippen MR) is 110 cm³/mol. The fraction of sp³-hybridized carbons (Fsp3) is 0.333. The minimum absolute atomic E-state index is 0.0935. The van der Waals surface area contributed by atoms with Gasteiger partial charge in [-0.25, -0.2) is 9.97 Å². The average Bonchev–Trinajstić information content (AvgIpc) is 3.49. The van der Waals surface area contributed by atoms with Crippen LogP contribution < -0.4 is 0 Å². The number of Topliss-reactive ketones (excluding diaryl/α,β-unsaturated/α-hetero) is 1. The van der Waals surface area contributed by atoms with Crippen molar-refractivity contribution in [2.45, 2.75) is 51.9 Å². The van der Waals surface area contributed by atoms with Crippen LogP contribution in [0.25, 0.3) is 11.3 Å². The summed E-state index contributed by atoms with van der Waals surface area (Å²) in [5.41, 5.74) is 6.52. The van der Waals surface area contributed by atoms with Gasteiger partial charge in [0.05, 0.1) is 5.69 Å². The smallest absolute Gasteiger partial charge is 0.159 e. The number of hydrogen-bond acceptors (Lipinski definition) is 4. The molecular weight excluding hydrogens is 346 g/mol. The first-order valence-corrected chi connectivity index (χ1v) is 9.89. The second-order valence-electron chi connectivity index (χ2n) is 7.85. The molecule has 1 aliphatic rings. The molecule has 142 valence electrons. The Hall–Kier alpha value is -2.88. The summed E-state index contributed by atoms with van der Waals surface area (Å²) < 4.78 is 0. The number of aromatic nitrogens is 3. The molecule has 1 fully saturated rings. The molecule has 0 radical (unpaired) electrons. The maximum absolute atomic E-state index is 11.9. The number of carbonyl (C=O) groups excluding carboxylic acids is 1. The van der Waals surface area contributed by atoms with Crippen LogP contribution in [-0.4, -0.2) is 20.7 Å². The molecule has 0 N–H and O–H groups in total. The van der Waals surface area contributed by atoms with Gasteiger partial charge < -0.3 is 0 Å². The first-order valence-electron chi connectivity index (χ1n) is 9.89. The second-order valence-corrected chi connectivity index (χ2v) is 7.85. The third-order valence-corrected chi connectivity index (χ3v) is 5.88. The summed E-state index contributed by atoms with van der Waals surface area (Å²) in [5, 5.41) is 0. The van der Waals surface area contributed by atoms with Crippen molar-refractivity contribution in [2.75, 3.05) is 0 Å². The maximum Gasteiger partial charge on any atom is 0.159 e. The van der Waals surface area contributed by atoms with Gasteiger partial charge >= 0.3 is 0 Å². The topological polar surface area (TPSA) is 55.7 Å². The number of carbonyl (C=O) groups is 1. The Bertz CT molecular complexity index is 1020. The van der Waals surface area contributed by atoms with Gasteiger partial charge in [-0.15, -0.1) is 0 Å². The highest BCUT2D eigenvalue weighted by atomic mass is 16.1. The van der Waals surface area contributed by atoms with Crippen molar-refractivity contribution in [1.29, 1.82) is 0 Å². The van der Waals surface area contributed by atoms with E-state index >= 15 is 0 Å². The van der Waals surface area contributed by atoms with Gasteiger partial charge in [0, 0.05) is 36.1 Å². The SMILES string of the molecule is CCC1(c2ccc(C(C)=O)cc2Cc2ncc(-c3cc(C)ccn3)cn2)CC1. The Morgan fingerprint density at radius 1 is 1.07 bits per heavy atom. The Kier molecular flexibility index (Phi) is 4.80. The molecule has 0 spiro atoms. The molecule has 2 heterocycles. The van der Waals surface area contributed by atoms with Gasteiger partial charge in [0.25, 0.3) is 0 Å². The Morgan fingerprint density at radius 3 is 2.43 bits per heavy atom. The largest absolute Gasteiger partial charge is 0.295 e. The fourth-order valence-electron chi connectivity index (χ4n) is 3.88. The van der Waals surface area contributed by atoms with E-state index in [1.54, 1.807) is 13.1 Å². The van der Waals surface area contributed by atoms with Gasteiger partial charge in [-0.05, 0) is 73.4 Å². The van der Waals surface area contributed by atoms with Crippen LogP contribution in [0.3, 0.4) is 0 Å². The van der Waals surface area contributed by atoms with Crippen LogP contribution in [0.1, 0.15) is 66.0 Å². The number of nitrogens with zero attached hydrogens (tertiary/aromatic N) is 3. The first kappa shape index (κ1) is 18.5. The Morgan fingerprint density at radius 2 is 1.82 bits per heavy atom. The van der Waals surface area contributed by atoms with E-state index in [1.807, 2.05) is 43.6 Å². The quantitative estimate of drug-likeness (QED) is 0.567. The molecule has 0 aliphatic heterocycles. The zero-order chi connectivity index (χ0) is 19.7. The number of rotatable bonds is 6. The molecule has 28 heavy (non-hydrogen) atoms. The molecule has 0 bridgehead atoms. The minimum Gasteiger partial charge on any atom is -0.295 e. The molecule has 4 rings (SSSR count). The average molecular weight is 371 g/mol. The van der Waals surface area contributed by atoms with Crippen molar-refractivity contribution in [1.82, 2.24) is 15.0 Å². The third-order valence-electron chi connectivity index (χ3n) is 5.88. The zero-order valence-electron chi connectivity index (χ0n) is 16.7. The minimum atomic E-state index is 0.0935. The van der Waals surface area contributed by atoms with Crippen molar-refractivity contribution in [3.63, 3.8) is 0 Å². The van der Waals surface area contributed by atoms with Crippen molar-refractivity contribution >= 4 is 5.78 Å². The fourth-order valence-corrected chi connectivity index (χ4v) is 3.88. The van der Waals surface area contributed by atoms with Crippen molar-refractivity contribution in [2.24, 2.45) is 0 Å². The Balaban J connectivity index is 1.65. The number of ketones is 1. The van der Waals surface area contributed by atoms with Crippen LogP contribution in [0.4, 0.5) is 0 Å². The van der Waals surface area contributed by atoms with E-state index < -0.39 is 0 Å². The van der Waals surface area contributed by atoms with Gasteiger partial charge in [-0.3, -0.25) is 9.78 Å². The molecule has 0 atom stereocenters. The molecule has 2 aromatic heterocycles. The molecule has 1 aliphatic carbocycles. The lowest BCUT2D eigenvalue weighted by Gasteiger charge is -2.18. The van der Waals surface area contributed by atoms with E-state index in [2.05, 4.69) is 27.9 Å². The number of aryl methyl sites for hydroxylation is 1. The lowest BCUT2D eigenvalue weighted by atomic mass is 9.86. The second kappa shape index (κ2) is 7.27. The monoisotopic (exact) mass is 371 g/mol. The van der Waals surface area contributed by atoms with E-state index in [4.69, 9.17) is 0 Å². The number of hydrogen-bond donors (Lipinski definition) is 0. The molecule has 0 unspecified atom stereocenters. The van der Waals surface area contributed by atoms with E-state index in [9.17, 15) is 4.79 Å². The summed E-state index contributed by atoms with van der Waals surface area (Å²) in [6.45, 7) is 5.91. The lowest BCUT2D eigenvalue weighted by Crippen LogP contribution is -2.11. The molecule has 4 heteroatoms. The third kappa shape index (κ3) is 3.59. The first-order chi connectivity index (χ1) is 13.5. The summed E-state index contributed by atoms with van der Waals surface area (Å²) in [5.74, 6) is 0.862. The normalized spacial score (nSPS) is 14.7. The standard InChI is InChI=1S/C24H25N3O/c1-4-24(8-9-24)21-6-5-18(17(3)28)12-19(21)13-23-26-14-20(15-27-23)22-11-16(2)7-10-25-22/h5-7,10-12,14-15H,4,8-9,13H2,1-3H3. The van der Waals surface area contributed by atoms with Gasteiger partial charge in [0.15, 0.2) is 5.78 Å². The van der Waals surface area contributed by atoms with E-state index in [-0.39, 0.29) is 11.2 Å². The highest BCUT2D eigenvalue weighted by Crippen LogP contribution is 2.52. The molecule has 3 aromatic rings. The summed E-state index contributed by atoms with van der Waals surface area (Å²) in [6.07, 6.45) is 9.68. The molecule has 4 nitrogen and oxygen atoms in total. The van der Waals surface area contributed by atoms with Crippen molar-refractivity contribution in [3.8, 4) is 11.3 Å².